The SMILES string of the molecule is COc1ccc2c(c1)ncc1c3cc(OC)ccc3oc21. The largest absolute Gasteiger partial charge is 0.497 e. The minimum absolute atomic E-state index is 0.784. The van der Waals surface area contributed by atoms with E-state index in [1.807, 2.05) is 42.6 Å². The molecule has 4 rings (SSSR count). The van der Waals surface area contributed by atoms with Crippen molar-refractivity contribution >= 4 is 32.8 Å². The van der Waals surface area contributed by atoms with Gasteiger partial charge in [-0.15, -0.1) is 0 Å². The molecule has 0 aliphatic carbocycles. The Hall–Kier alpha value is -2.75. The Morgan fingerprint density at radius 3 is 2.43 bits per heavy atom. The summed E-state index contributed by atoms with van der Waals surface area (Å²) in [6, 6.07) is 11.6. The number of fused-ring (bicyclic) bond motifs is 5. The lowest BCUT2D eigenvalue weighted by Gasteiger charge is -2.02. The van der Waals surface area contributed by atoms with E-state index < -0.39 is 0 Å². The third-order valence-electron chi connectivity index (χ3n) is 3.72. The topological polar surface area (TPSA) is 44.5 Å². The van der Waals surface area contributed by atoms with Gasteiger partial charge < -0.3 is 13.9 Å². The zero-order chi connectivity index (χ0) is 14.4. The molecular formula is C17H13NO3. The molecule has 0 N–H and O–H groups in total. The lowest BCUT2D eigenvalue weighted by atomic mass is 10.1. The van der Waals surface area contributed by atoms with Crippen LogP contribution in [0.15, 0.2) is 47.0 Å². The molecule has 2 aromatic carbocycles. The van der Waals surface area contributed by atoms with E-state index >= 15 is 0 Å². The Kier molecular flexibility index (Phi) is 2.51. The second-order valence-corrected chi connectivity index (χ2v) is 4.85. The van der Waals surface area contributed by atoms with Gasteiger partial charge in [-0.25, -0.2) is 0 Å². The normalized spacial score (nSPS) is 11.3. The summed E-state index contributed by atoms with van der Waals surface area (Å²) in [4.78, 5) is 4.51. The fraction of sp³-hybridized carbons (Fsp3) is 0.118. The van der Waals surface area contributed by atoms with Crippen molar-refractivity contribution < 1.29 is 13.9 Å². The van der Waals surface area contributed by atoms with Crippen molar-refractivity contribution in [2.24, 2.45) is 0 Å². The van der Waals surface area contributed by atoms with Crippen molar-refractivity contribution in [3.63, 3.8) is 0 Å². The van der Waals surface area contributed by atoms with Crippen molar-refractivity contribution in [1.82, 2.24) is 4.98 Å². The van der Waals surface area contributed by atoms with Crippen LogP contribution < -0.4 is 9.47 Å². The molecule has 0 bridgehead atoms. The molecule has 2 aromatic heterocycles. The summed E-state index contributed by atoms with van der Waals surface area (Å²) < 4.78 is 16.5. The summed E-state index contributed by atoms with van der Waals surface area (Å²) in [5.41, 5.74) is 2.52. The number of furan rings is 1. The predicted molar refractivity (Wildman–Crippen MR) is 82.1 cm³/mol. The van der Waals surface area contributed by atoms with Gasteiger partial charge in [-0.05, 0) is 30.3 Å². The standard InChI is InChI=1S/C17H13NO3/c1-19-10-4-6-16-13(7-10)14-9-18-15-8-11(20-2)3-5-12(15)17(14)21-16/h3-9H,1-2H3. The third kappa shape index (κ3) is 1.72. The average molecular weight is 279 g/mol. The number of pyridine rings is 1. The van der Waals surface area contributed by atoms with Crippen LogP contribution in [-0.2, 0) is 0 Å². The number of benzene rings is 2. The van der Waals surface area contributed by atoms with Gasteiger partial charge in [0.15, 0.2) is 0 Å². The summed E-state index contributed by atoms with van der Waals surface area (Å²) >= 11 is 0. The van der Waals surface area contributed by atoms with Crippen LogP contribution in [0.5, 0.6) is 11.5 Å². The number of hydrogen-bond acceptors (Lipinski definition) is 4. The van der Waals surface area contributed by atoms with Gasteiger partial charge in [-0.2, -0.15) is 0 Å². The smallest absolute Gasteiger partial charge is 0.146 e. The molecule has 21 heavy (non-hydrogen) atoms. The van der Waals surface area contributed by atoms with Crippen molar-refractivity contribution in [2.45, 2.75) is 0 Å². The highest BCUT2D eigenvalue weighted by atomic mass is 16.5. The van der Waals surface area contributed by atoms with E-state index in [0.29, 0.717) is 0 Å². The van der Waals surface area contributed by atoms with Gasteiger partial charge in [0, 0.05) is 28.4 Å². The number of aromatic nitrogens is 1. The molecule has 4 heteroatoms. The highest BCUT2D eigenvalue weighted by Gasteiger charge is 2.12. The molecule has 4 aromatic rings. The summed E-state index contributed by atoms with van der Waals surface area (Å²) in [5.74, 6) is 1.59. The van der Waals surface area contributed by atoms with Crippen LogP contribution in [0.1, 0.15) is 0 Å². The Morgan fingerprint density at radius 1 is 0.857 bits per heavy atom. The van der Waals surface area contributed by atoms with Crippen LogP contribution in [0.2, 0.25) is 0 Å². The van der Waals surface area contributed by atoms with E-state index in [2.05, 4.69) is 4.98 Å². The van der Waals surface area contributed by atoms with Crippen molar-refractivity contribution in [1.29, 1.82) is 0 Å². The van der Waals surface area contributed by atoms with Crippen molar-refractivity contribution in [2.75, 3.05) is 14.2 Å². The van der Waals surface area contributed by atoms with Gasteiger partial charge in [0.2, 0.25) is 0 Å². The molecule has 0 spiro atoms. The quantitative estimate of drug-likeness (QED) is 0.553. The number of nitrogens with zero attached hydrogens (tertiary/aromatic N) is 1. The molecule has 4 nitrogen and oxygen atoms in total. The van der Waals surface area contributed by atoms with E-state index in [1.54, 1.807) is 14.2 Å². The Labute approximate surface area is 120 Å². The monoisotopic (exact) mass is 279 g/mol. The van der Waals surface area contributed by atoms with E-state index in [9.17, 15) is 0 Å². The Balaban J connectivity index is 2.11. The molecule has 0 amide bonds. The highest BCUT2D eigenvalue weighted by Crippen LogP contribution is 2.35. The van der Waals surface area contributed by atoms with Gasteiger partial charge in [0.05, 0.1) is 19.7 Å². The van der Waals surface area contributed by atoms with Gasteiger partial charge in [0.1, 0.15) is 22.7 Å². The first kappa shape index (κ1) is 12.0. The van der Waals surface area contributed by atoms with Crippen LogP contribution in [0.3, 0.4) is 0 Å². The first-order valence-corrected chi connectivity index (χ1v) is 6.63. The van der Waals surface area contributed by atoms with E-state index in [0.717, 1.165) is 44.3 Å². The van der Waals surface area contributed by atoms with Gasteiger partial charge in [-0.3, -0.25) is 4.98 Å². The molecule has 2 heterocycles. The fourth-order valence-electron chi connectivity index (χ4n) is 2.62. The van der Waals surface area contributed by atoms with Crippen molar-refractivity contribution in [3.8, 4) is 11.5 Å². The van der Waals surface area contributed by atoms with E-state index in [-0.39, 0.29) is 0 Å². The zero-order valence-electron chi connectivity index (χ0n) is 11.7. The minimum atomic E-state index is 0.784. The highest BCUT2D eigenvalue weighted by molar-refractivity contribution is 6.13. The Morgan fingerprint density at radius 2 is 1.62 bits per heavy atom. The number of hydrogen-bond donors (Lipinski definition) is 0. The molecule has 104 valence electrons. The van der Waals surface area contributed by atoms with Crippen LogP contribution in [0, 0.1) is 0 Å². The first-order valence-electron chi connectivity index (χ1n) is 6.63. The van der Waals surface area contributed by atoms with Gasteiger partial charge >= 0.3 is 0 Å². The molecule has 0 aliphatic rings. The molecule has 0 saturated heterocycles. The average Bonchev–Trinajstić information content (AvgIpc) is 2.92. The molecule has 0 atom stereocenters. The van der Waals surface area contributed by atoms with Gasteiger partial charge in [-0.1, -0.05) is 0 Å². The number of ether oxygens (including phenoxy) is 2. The third-order valence-corrected chi connectivity index (χ3v) is 3.72. The first-order chi connectivity index (χ1) is 10.3. The maximum Gasteiger partial charge on any atom is 0.146 e. The molecular weight excluding hydrogens is 266 g/mol. The Bertz CT molecular complexity index is 972. The van der Waals surface area contributed by atoms with Crippen LogP contribution >= 0.6 is 0 Å². The van der Waals surface area contributed by atoms with Crippen LogP contribution in [0.4, 0.5) is 0 Å². The number of methoxy groups -OCH3 is 2. The minimum Gasteiger partial charge on any atom is -0.497 e. The molecule has 0 aliphatic heterocycles. The molecule has 0 fully saturated rings. The lowest BCUT2D eigenvalue weighted by molar-refractivity contribution is 0.415. The fourth-order valence-corrected chi connectivity index (χ4v) is 2.62. The zero-order valence-corrected chi connectivity index (χ0v) is 11.7. The summed E-state index contributed by atoms with van der Waals surface area (Å²) in [6.45, 7) is 0. The van der Waals surface area contributed by atoms with Crippen LogP contribution in [-0.4, -0.2) is 19.2 Å². The predicted octanol–water partition coefficient (Wildman–Crippen LogP) is 4.15. The van der Waals surface area contributed by atoms with Crippen LogP contribution in [0.25, 0.3) is 32.8 Å². The van der Waals surface area contributed by atoms with Crippen molar-refractivity contribution in [3.05, 3.63) is 42.6 Å². The summed E-state index contributed by atoms with van der Waals surface area (Å²) in [5, 5.41) is 2.97. The lowest BCUT2D eigenvalue weighted by Crippen LogP contribution is -1.84. The van der Waals surface area contributed by atoms with E-state index in [1.165, 1.54) is 0 Å². The molecule has 0 unspecified atom stereocenters. The van der Waals surface area contributed by atoms with Gasteiger partial charge in [0.25, 0.3) is 0 Å². The second-order valence-electron chi connectivity index (χ2n) is 4.85. The second kappa shape index (κ2) is 4.38. The summed E-state index contributed by atoms with van der Waals surface area (Å²) in [7, 11) is 3.30. The summed E-state index contributed by atoms with van der Waals surface area (Å²) in [6.07, 6.45) is 1.84. The van der Waals surface area contributed by atoms with E-state index in [4.69, 9.17) is 13.9 Å². The molecule has 0 saturated carbocycles. The number of rotatable bonds is 2. The maximum absolute atomic E-state index is 6.00. The maximum atomic E-state index is 6.00. The molecule has 0 radical (unpaired) electrons.